The van der Waals surface area contributed by atoms with Gasteiger partial charge in [-0.15, -0.1) is 11.8 Å². The molecular formula is C16H12F2N2O2S. The molecule has 0 atom stereocenters. The fourth-order valence-electron chi connectivity index (χ4n) is 2.22. The van der Waals surface area contributed by atoms with E-state index in [1.54, 1.807) is 18.2 Å². The molecule has 1 aliphatic rings. The minimum Gasteiger partial charge on any atom is -0.326 e. The largest absolute Gasteiger partial charge is 0.326 e. The summed E-state index contributed by atoms with van der Waals surface area (Å²) in [5, 5.41) is 5.43. The number of carbonyl (C=O) groups is 2. The van der Waals surface area contributed by atoms with Crippen molar-refractivity contribution in [3.8, 4) is 0 Å². The van der Waals surface area contributed by atoms with Gasteiger partial charge in [0.2, 0.25) is 11.8 Å². The summed E-state index contributed by atoms with van der Waals surface area (Å²) in [7, 11) is 0. The maximum absolute atomic E-state index is 13.1. The molecule has 2 aromatic rings. The lowest BCUT2D eigenvalue weighted by Gasteiger charge is -2.07. The smallest absolute Gasteiger partial charge is 0.234 e. The summed E-state index contributed by atoms with van der Waals surface area (Å²) in [6.45, 7) is 0. The van der Waals surface area contributed by atoms with E-state index in [-0.39, 0.29) is 17.6 Å². The Labute approximate surface area is 135 Å². The Kier molecular flexibility index (Phi) is 4.29. The minimum absolute atomic E-state index is 0.0688. The van der Waals surface area contributed by atoms with E-state index in [9.17, 15) is 18.4 Å². The molecule has 0 unspecified atom stereocenters. The van der Waals surface area contributed by atoms with E-state index in [0.29, 0.717) is 17.0 Å². The molecule has 0 bridgehead atoms. The van der Waals surface area contributed by atoms with Crippen LogP contribution in [0.4, 0.5) is 20.2 Å². The van der Waals surface area contributed by atoms with E-state index < -0.39 is 11.6 Å². The van der Waals surface area contributed by atoms with Crippen LogP contribution in [0.5, 0.6) is 0 Å². The van der Waals surface area contributed by atoms with Crippen LogP contribution in [0.2, 0.25) is 0 Å². The molecule has 7 heteroatoms. The van der Waals surface area contributed by atoms with Gasteiger partial charge < -0.3 is 10.6 Å². The standard InChI is InChI=1S/C16H12F2N2O2S/c17-12-3-2-11(7-13(12)18)23-8-16(22)19-10-1-4-14-9(5-10)6-15(21)20-14/h1-5,7H,6,8H2,(H,19,22)(H,20,21). The first-order valence-electron chi connectivity index (χ1n) is 6.82. The Balaban J connectivity index is 1.58. The Morgan fingerprint density at radius 2 is 2.00 bits per heavy atom. The summed E-state index contributed by atoms with van der Waals surface area (Å²) in [4.78, 5) is 23.7. The van der Waals surface area contributed by atoms with Gasteiger partial charge in [0.1, 0.15) is 0 Å². The van der Waals surface area contributed by atoms with E-state index in [2.05, 4.69) is 10.6 Å². The van der Waals surface area contributed by atoms with Crippen LogP contribution in [0.1, 0.15) is 5.56 Å². The van der Waals surface area contributed by atoms with Gasteiger partial charge >= 0.3 is 0 Å². The number of halogens is 2. The SMILES string of the molecule is O=C(CSc1ccc(F)c(F)c1)Nc1ccc2c(c1)CC(=O)N2. The molecule has 0 saturated heterocycles. The lowest BCUT2D eigenvalue weighted by molar-refractivity contribution is -0.115. The highest BCUT2D eigenvalue weighted by atomic mass is 32.2. The molecule has 23 heavy (non-hydrogen) atoms. The predicted octanol–water partition coefficient (Wildman–Crippen LogP) is 3.19. The first-order chi connectivity index (χ1) is 11.0. The van der Waals surface area contributed by atoms with Crippen LogP contribution in [0, 0.1) is 11.6 Å². The second-order valence-corrected chi connectivity index (χ2v) is 6.06. The Morgan fingerprint density at radius 3 is 2.78 bits per heavy atom. The third-order valence-corrected chi connectivity index (χ3v) is 4.27. The monoisotopic (exact) mass is 334 g/mol. The highest BCUT2D eigenvalue weighted by Crippen LogP contribution is 2.26. The van der Waals surface area contributed by atoms with Gasteiger partial charge in [0, 0.05) is 16.3 Å². The molecular weight excluding hydrogens is 322 g/mol. The van der Waals surface area contributed by atoms with Crippen molar-refractivity contribution in [1.82, 2.24) is 0 Å². The molecule has 118 valence electrons. The van der Waals surface area contributed by atoms with Crippen LogP contribution < -0.4 is 10.6 Å². The highest BCUT2D eigenvalue weighted by Gasteiger charge is 2.17. The summed E-state index contributed by atoms with van der Waals surface area (Å²) < 4.78 is 25.9. The highest BCUT2D eigenvalue weighted by molar-refractivity contribution is 8.00. The van der Waals surface area contributed by atoms with Crippen LogP contribution in [0.25, 0.3) is 0 Å². The lowest BCUT2D eigenvalue weighted by atomic mass is 10.1. The maximum atomic E-state index is 13.1. The van der Waals surface area contributed by atoms with Crippen molar-refractivity contribution in [2.75, 3.05) is 16.4 Å². The van der Waals surface area contributed by atoms with Crippen molar-refractivity contribution < 1.29 is 18.4 Å². The lowest BCUT2D eigenvalue weighted by Crippen LogP contribution is -2.14. The number of hydrogen-bond acceptors (Lipinski definition) is 3. The molecule has 0 fully saturated rings. The minimum atomic E-state index is -0.939. The van der Waals surface area contributed by atoms with Crippen LogP contribution in [0.15, 0.2) is 41.3 Å². The van der Waals surface area contributed by atoms with Gasteiger partial charge in [-0.25, -0.2) is 8.78 Å². The van der Waals surface area contributed by atoms with Gasteiger partial charge in [-0.05, 0) is 42.0 Å². The van der Waals surface area contributed by atoms with Gasteiger partial charge in [0.05, 0.1) is 12.2 Å². The molecule has 3 rings (SSSR count). The zero-order valence-corrected chi connectivity index (χ0v) is 12.7. The zero-order valence-electron chi connectivity index (χ0n) is 11.9. The van der Waals surface area contributed by atoms with E-state index in [4.69, 9.17) is 0 Å². The first kappa shape index (κ1) is 15.5. The quantitative estimate of drug-likeness (QED) is 0.844. The molecule has 2 amide bonds. The number of hydrogen-bond donors (Lipinski definition) is 2. The number of anilines is 2. The molecule has 2 aromatic carbocycles. The first-order valence-corrected chi connectivity index (χ1v) is 7.80. The van der Waals surface area contributed by atoms with E-state index in [0.717, 1.165) is 35.1 Å². The molecule has 2 N–H and O–H groups in total. The molecule has 1 heterocycles. The summed E-state index contributed by atoms with van der Waals surface area (Å²) in [5.41, 5.74) is 2.18. The molecule has 0 saturated carbocycles. The molecule has 0 radical (unpaired) electrons. The fourth-order valence-corrected chi connectivity index (χ4v) is 2.94. The third kappa shape index (κ3) is 3.68. The predicted molar refractivity (Wildman–Crippen MR) is 84.5 cm³/mol. The number of benzene rings is 2. The topological polar surface area (TPSA) is 58.2 Å². The average molecular weight is 334 g/mol. The number of nitrogens with one attached hydrogen (secondary N) is 2. The second kappa shape index (κ2) is 6.37. The van der Waals surface area contributed by atoms with E-state index in [1.165, 1.54) is 6.07 Å². The average Bonchev–Trinajstić information content (AvgIpc) is 2.88. The summed E-state index contributed by atoms with van der Waals surface area (Å²) in [5.74, 6) is -2.13. The summed E-state index contributed by atoms with van der Waals surface area (Å²) in [6, 6.07) is 8.68. The maximum Gasteiger partial charge on any atom is 0.234 e. The van der Waals surface area contributed by atoms with Crippen LogP contribution >= 0.6 is 11.8 Å². The van der Waals surface area contributed by atoms with Crippen molar-refractivity contribution in [2.45, 2.75) is 11.3 Å². The van der Waals surface area contributed by atoms with E-state index in [1.807, 2.05) is 0 Å². The zero-order chi connectivity index (χ0) is 16.4. The van der Waals surface area contributed by atoms with Crippen molar-refractivity contribution in [2.24, 2.45) is 0 Å². The number of rotatable bonds is 4. The van der Waals surface area contributed by atoms with Crippen molar-refractivity contribution in [3.63, 3.8) is 0 Å². The van der Waals surface area contributed by atoms with Crippen molar-refractivity contribution >= 4 is 35.0 Å². The number of thioether (sulfide) groups is 1. The third-order valence-electron chi connectivity index (χ3n) is 3.28. The van der Waals surface area contributed by atoms with Gasteiger partial charge in [-0.2, -0.15) is 0 Å². The van der Waals surface area contributed by atoms with Gasteiger partial charge in [0.15, 0.2) is 11.6 Å². The summed E-state index contributed by atoms with van der Waals surface area (Å²) >= 11 is 1.11. The number of fused-ring (bicyclic) bond motifs is 1. The fraction of sp³-hybridized carbons (Fsp3) is 0.125. The van der Waals surface area contributed by atoms with Crippen molar-refractivity contribution in [1.29, 1.82) is 0 Å². The van der Waals surface area contributed by atoms with Crippen LogP contribution in [0.3, 0.4) is 0 Å². The van der Waals surface area contributed by atoms with Crippen LogP contribution in [-0.4, -0.2) is 17.6 Å². The van der Waals surface area contributed by atoms with Crippen LogP contribution in [-0.2, 0) is 16.0 Å². The Bertz CT molecular complexity index is 796. The van der Waals surface area contributed by atoms with Gasteiger partial charge in [0.25, 0.3) is 0 Å². The number of amides is 2. The van der Waals surface area contributed by atoms with E-state index >= 15 is 0 Å². The Hall–Kier alpha value is -2.41. The molecule has 1 aliphatic heterocycles. The number of carbonyl (C=O) groups excluding carboxylic acids is 2. The van der Waals surface area contributed by atoms with Crippen molar-refractivity contribution in [3.05, 3.63) is 53.6 Å². The summed E-state index contributed by atoms with van der Waals surface area (Å²) in [6.07, 6.45) is 0.294. The second-order valence-electron chi connectivity index (χ2n) is 5.01. The molecule has 0 spiro atoms. The molecule has 0 aromatic heterocycles. The normalized spacial score (nSPS) is 12.7. The van der Waals surface area contributed by atoms with Gasteiger partial charge in [-0.3, -0.25) is 9.59 Å². The molecule has 0 aliphatic carbocycles. The van der Waals surface area contributed by atoms with Gasteiger partial charge in [-0.1, -0.05) is 0 Å². The Morgan fingerprint density at radius 1 is 1.17 bits per heavy atom. The molecule has 4 nitrogen and oxygen atoms in total.